The van der Waals surface area contributed by atoms with E-state index < -0.39 is 17.1 Å². The van der Waals surface area contributed by atoms with Gasteiger partial charge in [-0.25, -0.2) is 9.18 Å². The van der Waals surface area contributed by atoms with Gasteiger partial charge in [-0.1, -0.05) is 15.9 Å². The molecule has 0 aliphatic rings. The second-order valence-electron chi connectivity index (χ2n) is 3.60. The Kier molecular flexibility index (Phi) is 3.82. The van der Waals surface area contributed by atoms with Crippen LogP contribution in [0.4, 0.5) is 4.39 Å². The highest BCUT2D eigenvalue weighted by Gasteiger charge is 2.07. The maximum atomic E-state index is 13.5. The lowest BCUT2D eigenvalue weighted by atomic mass is 10.2. The molecule has 2 rings (SSSR count). The first-order chi connectivity index (χ1) is 8.47. The van der Waals surface area contributed by atoms with Crippen LogP contribution in [0.3, 0.4) is 0 Å². The smallest absolute Gasteiger partial charge is 0.295 e. The highest BCUT2D eigenvalue weighted by Crippen LogP contribution is 2.16. The molecule has 0 atom stereocenters. The standard InChI is InChI=1S/C11H7Br2FN2O2/c12-7-1-2-9(14)6(3-7)4-16-5-8(13)10(17)15-11(16)18/h1-3,5H,4H2,(H,15,17,18). The Hall–Kier alpha value is -1.21. The first-order valence-electron chi connectivity index (χ1n) is 4.90. The van der Waals surface area contributed by atoms with E-state index in [1.54, 1.807) is 12.1 Å². The summed E-state index contributed by atoms with van der Waals surface area (Å²) in [6.07, 6.45) is 1.33. The van der Waals surface area contributed by atoms with Crippen LogP contribution < -0.4 is 11.2 Å². The monoisotopic (exact) mass is 376 g/mol. The SMILES string of the molecule is O=c1[nH]c(=O)n(Cc2cc(Br)ccc2F)cc1Br. The van der Waals surface area contributed by atoms with E-state index in [1.807, 2.05) is 0 Å². The Bertz CT molecular complexity index is 709. The molecule has 0 bridgehead atoms. The van der Waals surface area contributed by atoms with Gasteiger partial charge in [0.2, 0.25) is 0 Å². The van der Waals surface area contributed by atoms with Gasteiger partial charge in [0.15, 0.2) is 0 Å². The van der Waals surface area contributed by atoms with Gasteiger partial charge in [0.25, 0.3) is 5.56 Å². The number of H-pyrrole nitrogens is 1. The van der Waals surface area contributed by atoms with E-state index in [1.165, 1.54) is 16.8 Å². The molecule has 2 aromatic rings. The summed E-state index contributed by atoms with van der Waals surface area (Å²) in [5, 5.41) is 0. The van der Waals surface area contributed by atoms with E-state index in [0.29, 0.717) is 5.56 Å². The number of nitrogens with one attached hydrogen (secondary N) is 1. The lowest BCUT2D eigenvalue weighted by molar-refractivity contribution is 0.591. The van der Waals surface area contributed by atoms with Crippen LogP contribution in [0.25, 0.3) is 0 Å². The minimum atomic E-state index is -0.581. The Morgan fingerprint density at radius 2 is 2.00 bits per heavy atom. The van der Waals surface area contributed by atoms with E-state index in [9.17, 15) is 14.0 Å². The molecule has 0 saturated heterocycles. The quantitative estimate of drug-likeness (QED) is 0.872. The second-order valence-corrected chi connectivity index (χ2v) is 5.37. The molecule has 0 fully saturated rings. The highest BCUT2D eigenvalue weighted by molar-refractivity contribution is 9.10. The molecule has 0 amide bonds. The molecule has 0 radical (unpaired) electrons. The molecule has 0 unspecified atom stereocenters. The fraction of sp³-hybridized carbons (Fsp3) is 0.0909. The molecule has 1 heterocycles. The number of hydrogen-bond acceptors (Lipinski definition) is 2. The van der Waals surface area contributed by atoms with Crippen molar-refractivity contribution in [3.05, 3.63) is 65.6 Å². The van der Waals surface area contributed by atoms with Crippen LogP contribution in [0, 0.1) is 5.82 Å². The van der Waals surface area contributed by atoms with E-state index in [0.717, 1.165) is 4.47 Å². The zero-order valence-corrected chi connectivity index (χ0v) is 12.1. The van der Waals surface area contributed by atoms with Crippen LogP contribution in [0.5, 0.6) is 0 Å². The van der Waals surface area contributed by atoms with Crippen LogP contribution in [0.1, 0.15) is 5.56 Å². The summed E-state index contributed by atoms with van der Waals surface area (Å²) in [7, 11) is 0. The number of halogens is 3. The van der Waals surface area contributed by atoms with Crippen molar-refractivity contribution in [3.8, 4) is 0 Å². The first-order valence-corrected chi connectivity index (χ1v) is 6.49. The molecule has 4 nitrogen and oxygen atoms in total. The largest absolute Gasteiger partial charge is 0.328 e. The van der Waals surface area contributed by atoms with Gasteiger partial charge in [-0.3, -0.25) is 14.3 Å². The highest BCUT2D eigenvalue weighted by atomic mass is 79.9. The van der Waals surface area contributed by atoms with Crippen LogP contribution in [0.15, 0.2) is 42.9 Å². The normalized spacial score (nSPS) is 10.6. The summed E-state index contributed by atoms with van der Waals surface area (Å²) in [5.41, 5.74) is -0.737. The van der Waals surface area contributed by atoms with E-state index in [2.05, 4.69) is 36.8 Å². The Balaban J connectivity index is 2.46. The predicted molar refractivity (Wildman–Crippen MR) is 72.2 cm³/mol. The number of benzene rings is 1. The van der Waals surface area contributed by atoms with Crippen LogP contribution in [0.2, 0.25) is 0 Å². The number of hydrogen-bond donors (Lipinski definition) is 1. The molecule has 0 aliphatic carbocycles. The summed E-state index contributed by atoms with van der Waals surface area (Å²) < 4.78 is 15.7. The van der Waals surface area contributed by atoms with Crippen molar-refractivity contribution in [1.29, 1.82) is 0 Å². The Morgan fingerprint density at radius 3 is 2.72 bits per heavy atom. The van der Waals surface area contributed by atoms with E-state index in [-0.39, 0.29) is 11.0 Å². The third-order valence-corrected chi connectivity index (χ3v) is 3.37. The molecule has 1 N–H and O–H groups in total. The Labute approximate surface area is 118 Å². The van der Waals surface area contributed by atoms with Gasteiger partial charge >= 0.3 is 5.69 Å². The lowest BCUT2D eigenvalue weighted by Crippen LogP contribution is -2.30. The van der Waals surface area contributed by atoms with Gasteiger partial charge < -0.3 is 0 Å². The lowest BCUT2D eigenvalue weighted by Gasteiger charge is -2.07. The average Bonchev–Trinajstić information content (AvgIpc) is 2.30. The summed E-state index contributed by atoms with van der Waals surface area (Å²) in [6.45, 7) is 0.0412. The number of aromatic amines is 1. The van der Waals surface area contributed by atoms with Gasteiger partial charge in [-0.15, -0.1) is 0 Å². The van der Waals surface area contributed by atoms with Crippen molar-refractivity contribution in [2.75, 3.05) is 0 Å². The third-order valence-electron chi connectivity index (χ3n) is 2.32. The molecule has 7 heteroatoms. The maximum Gasteiger partial charge on any atom is 0.328 e. The zero-order chi connectivity index (χ0) is 13.3. The number of rotatable bonds is 2. The van der Waals surface area contributed by atoms with Crippen molar-refractivity contribution in [3.63, 3.8) is 0 Å². The summed E-state index contributed by atoms with van der Waals surface area (Å²) in [6, 6.07) is 4.47. The van der Waals surface area contributed by atoms with Gasteiger partial charge in [-0.2, -0.15) is 0 Å². The summed E-state index contributed by atoms with van der Waals surface area (Å²) >= 11 is 6.25. The van der Waals surface area contributed by atoms with Crippen molar-refractivity contribution in [2.45, 2.75) is 6.54 Å². The fourth-order valence-corrected chi connectivity index (χ4v) is 2.20. The maximum absolute atomic E-state index is 13.5. The van der Waals surface area contributed by atoms with Crippen molar-refractivity contribution in [1.82, 2.24) is 9.55 Å². The van der Waals surface area contributed by atoms with Crippen LogP contribution in [-0.2, 0) is 6.54 Å². The molecule has 0 aliphatic heterocycles. The van der Waals surface area contributed by atoms with Gasteiger partial charge in [0.05, 0.1) is 11.0 Å². The molecule has 18 heavy (non-hydrogen) atoms. The van der Waals surface area contributed by atoms with Crippen molar-refractivity contribution < 1.29 is 4.39 Å². The topological polar surface area (TPSA) is 54.9 Å². The van der Waals surface area contributed by atoms with Crippen molar-refractivity contribution >= 4 is 31.9 Å². The van der Waals surface area contributed by atoms with E-state index in [4.69, 9.17) is 0 Å². The predicted octanol–water partition coefficient (Wildman–Crippen LogP) is 2.25. The van der Waals surface area contributed by atoms with Crippen molar-refractivity contribution in [2.24, 2.45) is 0 Å². The molecule has 1 aromatic carbocycles. The molecule has 94 valence electrons. The van der Waals surface area contributed by atoms with Crippen LogP contribution >= 0.6 is 31.9 Å². The fourth-order valence-electron chi connectivity index (χ4n) is 1.45. The molecule has 0 saturated carbocycles. The van der Waals surface area contributed by atoms with Crippen LogP contribution in [-0.4, -0.2) is 9.55 Å². The first kappa shape index (κ1) is 13.2. The summed E-state index contributed by atoms with van der Waals surface area (Å²) in [5.74, 6) is -0.410. The van der Waals surface area contributed by atoms with Gasteiger partial charge in [-0.05, 0) is 34.1 Å². The van der Waals surface area contributed by atoms with Gasteiger partial charge in [0.1, 0.15) is 5.82 Å². The minimum absolute atomic E-state index is 0.0412. The molecular formula is C11H7Br2FN2O2. The molecular weight excluding hydrogens is 371 g/mol. The minimum Gasteiger partial charge on any atom is -0.295 e. The van der Waals surface area contributed by atoms with Gasteiger partial charge in [0, 0.05) is 16.2 Å². The number of aromatic nitrogens is 2. The third kappa shape index (κ3) is 2.78. The average molecular weight is 378 g/mol. The number of nitrogens with zero attached hydrogens (tertiary/aromatic N) is 1. The summed E-state index contributed by atoms with van der Waals surface area (Å²) in [4.78, 5) is 24.8. The zero-order valence-electron chi connectivity index (χ0n) is 8.91. The molecule has 1 aromatic heterocycles. The van der Waals surface area contributed by atoms with E-state index >= 15 is 0 Å². The molecule has 0 spiro atoms. The second kappa shape index (κ2) is 5.19. The Morgan fingerprint density at radius 1 is 1.28 bits per heavy atom.